The van der Waals surface area contributed by atoms with Crippen molar-refractivity contribution >= 4 is 35.6 Å². The lowest BCUT2D eigenvalue weighted by Gasteiger charge is -2.24. The number of aliphatic imine (C=N–C) groups is 1. The maximum atomic E-state index is 10.8. The van der Waals surface area contributed by atoms with E-state index in [9.17, 15) is 10.1 Å². The van der Waals surface area contributed by atoms with Gasteiger partial charge in [0.1, 0.15) is 0 Å². The van der Waals surface area contributed by atoms with Crippen LogP contribution in [0.5, 0.6) is 0 Å². The molecule has 1 heterocycles. The summed E-state index contributed by atoms with van der Waals surface area (Å²) in [6.45, 7) is 10.0. The molecule has 1 aliphatic heterocycles. The molecule has 29 heavy (non-hydrogen) atoms. The number of guanidine groups is 1. The van der Waals surface area contributed by atoms with Crippen molar-refractivity contribution in [3.63, 3.8) is 0 Å². The van der Waals surface area contributed by atoms with Crippen LogP contribution in [0.15, 0.2) is 29.3 Å². The molecule has 2 N–H and O–H groups in total. The van der Waals surface area contributed by atoms with Gasteiger partial charge in [0.25, 0.3) is 5.69 Å². The molecule has 1 unspecified atom stereocenters. The molecule has 0 amide bonds. The highest BCUT2D eigenvalue weighted by molar-refractivity contribution is 14.0. The summed E-state index contributed by atoms with van der Waals surface area (Å²) in [5.74, 6) is 0.776. The third kappa shape index (κ3) is 9.26. The van der Waals surface area contributed by atoms with Crippen LogP contribution in [0, 0.1) is 10.1 Å². The van der Waals surface area contributed by atoms with Crippen LogP contribution >= 0.6 is 24.0 Å². The van der Waals surface area contributed by atoms with Crippen molar-refractivity contribution in [3.8, 4) is 0 Å². The minimum atomic E-state index is -0.388. The highest BCUT2D eigenvalue weighted by Crippen LogP contribution is 2.15. The average Bonchev–Trinajstić information content (AvgIpc) is 3.17. The molecule has 0 saturated carbocycles. The molecule has 0 aliphatic carbocycles. The first-order chi connectivity index (χ1) is 13.6. The van der Waals surface area contributed by atoms with E-state index in [0.717, 1.165) is 50.8 Å². The number of hydrogen-bond acceptors (Lipinski definition) is 5. The zero-order chi connectivity index (χ0) is 20.2. The summed E-state index contributed by atoms with van der Waals surface area (Å²) in [5.41, 5.74) is 1.04. The molecular weight excluding hydrogens is 485 g/mol. The van der Waals surface area contributed by atoms with Gasteiger partial charge in [-0.25, -0.2) is 4.99 Å². The van der Waals surface area contributed by atoms with Crippen LogP contribution in [0.1, 0.15) is 38.7 Å². The van der Waals surface area contributed by atoms with Gasteiger partial charge in [0, 0.05) is 44.5 Å². The number of likely N-dealkylation sites (tertiary alicyclic amines) is 1. The van der Waals surface area contributed by atoms with Crippen molar-refractivity contribution in [3.05, 3.63) is 39.9 Å². The quantitative estimate of drug-likeness (QED) is 0.117. The number of benzene rings is 1. The third-order valence-corrected chi connectivity index (χ3v) is 4.94. The molecule has 0 bridgehead atoms. The highest BCUT2D eigenvalue weighted by Gasteiger charge is 2.22. The van der Waals surface area contributed by atoms with Crippen LogP contribution in [0.25, 0.3) is 0 Å². The Hall–Kier alpha value is -1.46. The first-order valence-electron chi connectivity index (χ1n) is 10.2. The Morgan fingerprint density at radius 1 is 1.31 bits per heavy atom. The van der Waals surface area contributed by atoms with Gasteiger partial charge < -0.3 is 15.4 Å². The van der Waals surface area contributed by atoms with Crippen LogP contribution in [-0.2, 0) is 11.3 Å². The number of nitro benzene ring substituents is 1. The van der Waals surface area contributed by atoms with Gasteiger partial charge in [0.05, 0.1) is 11.5 Å². The van der Waals surface area contributed by atoms with E-state index in [2.05, 4.69) is 27.4 Å². The molecule has 1 fully saturated rings. The van der Waals surface area contributed by atoms with Gasteiger partial charge in [0.15, 0.2) is 5.96 Å². The zero-order valence-corrected chi connectivity index (χ0v) is 19.8. The first-order valence-corrected chi connectivity index (χ1v) is 10.2. The van der Waals surface area contributed by atoms with Gasteiger partial charge in [0.2, 0.25) is 0 Å². The highest BCUT2D eigenvalue weighted by atomic mass is 127. The fraction of sp³-hybridized carbons (Fsp3) is 0.650. The second-order valence-electron chi connectivity index (χ2n) is 6.87. The number of hydrogen-bond donors (Lipinski definition) is 2. The fourth-order valence-corrected chi connectivity index (χ4v) is 3.35. The van der Waals surface area contributed by atoms with Crippen LogP contribution in [-0.4, -0.2) is 61.2 Å². The number of nitrogens with zero attached hydrogens (tertiary/aromatic N) is 3. The smallest absolute Gasteiger partial charge is 0.269 e. The minimum Gasteiger partial charge on any atom is -0.382 e. The summed E-state index contributed by atoms with van der Waals surface area (Å²) in [6, 6.07) is 7.09. The van der Waals surface area contributed by atoms with Crippen LogP contribution in [0.4, 0.5) is 5.69 Å². The lowest BCUT2D eigenvalue weighted by atomic mass is 10.2. The molecule has 1 atom stereocenters. The van der Waals surface area contributed by atoms with Crippen molar-refractivity contribution < 1.29 is 9.66 Å². The van der Waals surface area contributed by atoms with Gasteiger partial charge in [-0.15, -0.1) is 24.0 Å². The molecule has 8 nitrogen and oxygen atoms in total. The average molecular weight is 519 g/mol. The number of nitro groups is 1. The summed E-state index contributed by atoms with van der Waals surface area (Å²) in [6.07, 6.45) is 3.37. The molecule has 9 heteroatoms. The summed E-state index contributed by atoms with van der Waals surface area (Å²) in [5, 5.41) is 17.6. The van der Waals surface area contributed by atoms with E-state index in [-0.39, 0.29) is 34.6 Å². The Morgan fingerprint density at radius 2 is 2.07 bits per heavy atom. The number of halogens is 1. The van der Waals surface area contributed by atoms with Crippen molar-refractivity contribution in [2.75, 3.05) is 39.4 Å². The molecular formula is C20H34IN5O3. The van der Waals surface area contributed by atoms with Gasteiger partial charge in [-0.2, -0.15) is 0 Å². The molecule has 1 saturated heterocycles. The van der Waals surface area contributed by atoms with Crippen molar-refractivity contribution in [1.29, 1.82) is 0 Å². The Kier molecular flexibility index (Phi) is 12.8. The molecule has 0 spiro atoms. The summed E-state index contributed by atoms with van der Waals surface area (Å²) < 4.78 is 5.38. The first kappa shape index (κ1) is 25.6. The van der Waals surface area contributed by atoms with E-state index in [1.54, 1.807) is 12.1 Å². The van der Waals surface area contributed by atoms with Gasteiger partial charge >= 0.3 is 0 Å². The lowest BCUT2D eigenvalue weighted by Crippen LogP contribution is -2.45. The number of rotatable bonds is 11. The molecule has 164 valence electrons. The summed E-state index contributed by atoms with van der Waals surface area (Å²) in [4.78, 5) is 17.5. The summed E-state index contributed by atoms with van der Waals surface area (Å²) >= 11 is 0. The predicted octanol–water partition coefficient (Wildman–Crippen LogP) is 3.16. The van der Waals surface area contributed by atoms with Gasteiger partial charge in [-0.3, -0.25) is 15.0 Å². The minimum absolute atomic E-state index is 0. The Bertz CT molecular complexity index is 627. The maximum Gasteiger partial charge on any atom is 0.269 e. The van der Waals surface area contributed by atoms with Gasteiger partial charge in [-0.1, -0.05) is 19.1 Å². The second kappa shape index (κ2) is 14.5. The number of ether oxygens (including phenoxy) is 1. The molecule has 0 aromatic heterocycles. The van der Waals surface area contributed by atoms with Crippen molar-refractivity contribution in [1.82, 2.24) is 15.5 Å². The largest absolute Gasteiger partial charge is 0.382 e. The normalized spacial score (nSPS) is 17.0. The molecule has 1 aromatic carbocycles. The van der Waals surface area contributed by atoms with E-state index in [0.29, 0.717) is 12.6 Å². The van der Waals surface area contributed by atoms with E-state index < -0.39 is 0 Å². The monoisotopic (exact) mass is 519 g/mol. The van der Waals surface area contributed by atoms with Crippen LogP contribution in [0.3, 0.4) is 0 Å². The van der Waals surface area contributed by atoms with Gasteiger partial charge in [-0.05, 0) is 44.8 Å². The molecule has 2 rings (SSSR count). The summed E-state index contributed by atoms with van der Waals surface area (Å²) in [7, 11) is 0. The zero-order valence-electron chi connectivity index (χ0n) is 17.4. The standard InChI is InChI=1S/C20H33N5O3.HI/c1-3-24-13-5-7-19(24)16-23-20(21-12-6-14-28-4-2)22-15-17-8-10-18(11-9-17)25(26)27;/h8-11,19H,3-7,12-16H2,1-2H3,(H2,21,22,23);1H. The topological polar surface area (TPSA) is 92.0 Å². The molecule has 1 aliphatic rings. The Morgan fingerprint density at radius 3 is 2.72 bits per heavy atom. The van der Waals surface area contributed by atoms with Crippen LogP contribution < -0.4 is 10.6 Å². The Balaban J connectivity index is 0.00000420. The lowest BCUT2D eigenvalue weighted by molar-refractivity contribution is -0.384. The maximum absolute atomic E-state index is 10.8. The van der Waals surface area contributed by atoms with E-state index in [1.165, 1.54) is 31.5 Å². The number of likely N-dealkylation sites (N-methyl/N-ethyl adjacent to an activating group) is 1. The molecule has 0 radical (unpaired) electrons. The predicted molar refractivity (Wildman–Crippen MR) is 127 cm³/mol. The van der Waals surface area contributed by atoms with Crippen LogP contribution in [0.2, 0.25) is 0 Å². The van der Waals surface area contributed by atoms with Crippen molar-refractivity contribution in [2.45, 2.75) is 45.7 Å². The number of non-ortho nitro benzene ring substituents is 1. The Labute approximate surface area is 190 Å². The SMILES string of the molecule is CCOCCCNC(=NCc1ccc([N+](=O)[O-])cc1)NCC1CCCN1CC.I. The van der Waals surface area contributed by atoms with E-state index in [1.807, 2.05) is 6.92 Å². The second-order valence-corrected chi connectivity index (χ2v) is 6.87. The number of nitrogens with one attached hydrogen (secondary N) is 2. The fourth-order valence-electron chi connectivity index (χ4n) is 3.35. The molecule has 1 aromatic rings. The van der Waals surface area contributed by atoms with E-state index >= 15 is 0 Å². The van der Waals surface area contributed by atoms with Crippen molar-refractivity contribution in [2.24, 2.45) is 4.99 Å². The third-order valence-electron chi connectivity index (χ3n) is 4.94. The van der Waals surface area contributed by atoms with E-state index in [4.69, 9.17) is 4.74 Å².